The molecule has 23 heavy (non-hydrogen) atoms. The Morgan fingerprint density at radius 2 is 2.09 bits per heavy atom. The van der Waals surface area contributed by atoms with E-state index < -0.39 is 6.04 Å². The molecular formula is C17H20N2O4. The quantitative estimate of drug-likeness (QED) is 0.817. The van der Waals surface area contributed by atoms with Gasteiger partial charge in [0.15, 0.2) is 0 Å². The molecule has 0 aliphatic heterocycles. The second-order valence-electron chi connectivity index (χ2n) is 5.13. The van der Waals surface area contributed by atoms with E-state index in [0.29, 0.717) is 17.9 Å². The fourth-order valence-electron chi connectivity index (χ4n) is 2.06. The summed E-state index contributed by atoms with van der Waals surface area (Å²) in [4.78, 5) is 24.2. The van der Waals surface area contributed by atoms with Crippen LogP contribution < -0.4 is 10.6 Å². The molecule has 1 aromatic carbocycles. The summed E-state index contributed by atoms with van der Waals surface area (Å²) in [5.41, 5.74) is 1.39. The van der Waals surface area contributed by atoms with Gasteiger partial charge in [-0.05, 0) is 36.8 Å². The Morgan fingerprint density at radius 3 is 2.78 bits per heavy atom. The molecule has 1 aromatic heterocycles. The minimum atomic E-state index is -0.649. The van der Waals surface area contributed by atoms with Crippen molar-refractivity contribution >= 4 is 11.8 Å². The van der Waals surface area contributed by atoms with E-state index in [0.717, 1.165) is 5.56 Å². The Morgan fingerprint density at radius 1 is 1.26 bits per heavy atom. The van der Waals surface area contributed by atoms with E-state index in [1.807, 2.05) is 6.07 Å². The van der Waals surface area contributed by atoms with Crippen molar-refractivity contribution in [1.82, 2.24) is 10.6 Å². The number of amides is 2. The molecule has 2 rings (SSSR count). The maximum atomic E-state index is 12.2. The van der Waals surface area contributed by atoms with Gasteiger partial charge in [-0.3, -0.25) is 9.59 Å². The molecule has 1 heterocycles. The summed E-state index contributed by atoms with van der Waals surface area (Å²) in [5.74, 6) is 0.0792. The molecule has 0 unspecified atom stereocenters. The van der Waals surface area contributed by atoms with Gasteiger partial charge >= 0.3 is 0 Å². The van der Waals surface area contributed by atoms with Crippen LogP contribution in [0.2, 0.25) is 0 Å². The van der Waals surface area contributed by atoms with Crippen LogP contribution in [0.5, 0.6) is 0 Å². The molecule has 0 radical (unpaired) electrons. The van der Waals surface area contributed by atoms with Crippen LogP contribution in [0.1, 0.15) is 28.6 Å². The van der Waals surface area contributed by atoms with Gasteiger partial charge in [0.1, 0.15) is 11.8 Å². The summed E-state index contributed by atoms with van der Waals surface area (Å²) in [5, 5.41) is 5.38. The van der Waals surface area contributed by atoms with Crippen LogP contribution in [0.4, 0.5) is 0 Å². The lowest BCUT2D eigenvalue weighted by Gasteiger charge is -2.14. The molecule has 0 bridgehead atoms. The molecule has 6 heteroatoms. The van der Waals surface area contributed by atoms with Crippen molar-refractivity contribution in [2.45, 2.75) is 26.1 Å². The fourth-order valence-corrected chi connectivity index (χ4v) is 2.06. The highest BCUT2D eigenvalue weighted by atomic mass is 16.5. The van der Waals surface area contributed by atoms with Crippen molar-refractivity contribution in [2.75, 3.05) is 7.11 Å². The largest absolute Gasteiger partial charge is 0.467 e. The van der Waals surface area contributed by atoms with Crippen molar-refractivity contribution in [3.63, 3.8) is 0 Å². The first-order chi connectivity index (χ1) is 11.1. The van der Waals surface area contributed by atoms with Gasteiger partial charge in [0.25, 0.3) is 5.91 Å². The zero-order valence-electron chi connectivity index (χ0n) is 13.2. The van der Waals surface area contributed by atoms with Crippen LogP contribution in [0, 0.1) is 0 Å². The SMILES string of the molecule is COCc1cccc(C(=O)N[C@H](C)C(=O)NCc2ccco2)c1. The average Bonchev–Trinajstić information content (AvgIpc) is 3.06. The first-order valence-electron chi connectivity index (χ1n) is 7.29. The van der Waals surface area contributed by atoms with E-state index >= 15 is 0 Å². The molecule has 0 spiro atoms. The number of benzene rings is 1. The third kappa shape index (κ3) is 4.96. The molecule has 2 N–H and O–H groups in total. The first kappa shape index (κ1) is 16.8. The van der Waals surface area contributed by atoms with Crippen molar-refractivity contribution in [1.29, 1.82) is 0 Å². The molecule has 122 valence electrons. The first-order valence-corrected chi connectivity index (χ1v) is 7.29. The van der Waals surface area contributed by atoms with E-state index in [-0.39, 0.29) is 18.4 Å². The van der Waals surface area contributed by atoms with E-state index in [4.69, 9.17) is 9.15 Å². The summed E-state index contributed by atoms with van der Waals surface area (Å²) in [6, 6.07) is 9.97. The molecule has 0 saturated heterocycles. The zero-order chi connectivity index (χ0) is 16.7. The highest BCUT2D eigenvalue weighted by Crippen LogP contribution is 2.07. The average molecular weight is 316 g/mol. The normalized spacial score (nSPS) is 11.7. The van der Waals surface area contributed by atoms with Crippen molar-refractivity contribution < 1.29 is 18.7 Å². The van der Waals surface area contributed by atoms with Gasteiger partial charge in [-0.15, -0.1) is 0 Å². The summed E-state index contributed by atoms with van der Waals surface area (Å²) in [6.07, 6.45) is 1.54. The molecule has 0 saturated carbocycles. The Balaban J connectivity index is 1.88. The number of carbonyl (C=O) groups excluding carboxylic acids is 2. The minimum absolute atomic E-state index is 0.275. The molecular weight excluding hydrogens is 296 g/mol. The summed E-state index contributed by atoms with van der Waals surface area (Å²) < 4.78 is 10.2. The van der Waals surface area contributed by atoms with Crippen LogP contribution in [0.3, 0.4) is 0 Å². The van der Waals surface area contributed by atoms with Gasteiger partial charge in [-0.25, -0.2) is 0 Å². The number of hydrogen-bond acceptors (Lipinski definition) is 4. The number of furan rings is 1. The Bertz CT molecular complexity index is 652. The Kier molecular flexibility index (Phi) is 5.94. The lowest BCUT2D eigenvalue weighted by atomic mass is 10.1. The lowest BCUT2D eigenvalue weighted by Crippen LogP contribution is -2.44. The predicted molar refractivity (Wildman–Crippen MR) is 84.6 cm³/mol. The summed E-state index contributed by atoms with van der Waals surface area (Å²) >= 11 is 0. The smallest absolute Gasteiger partial charge is 0.251 e. The molecule has 0 aliphatic rings. The van der Waals surface area contributed by atoms with Crippen LogP contribution >= 0.6 is 0 Å². The van der Waals surface area contributed by atoms with Gasteiger partial charge in [0, 0.05) is 12.7 Å². The minimum Gasteiger partial charge on any atom is -0.467 e. The lowest BCUT2D eigenvalue weighted by molar-refractivity contribution is -0.122. The molecule has 2 aromatic rings. The van der Waals surface area contributed by atoms with Crippen molar-refractivity contribution in [3.8, 4) is 0 Å². The van der Waals surface area contributed by atoms with Gasteiger partial charge in [0.2, 0.25) is 5.91 Å². The maximum absolute atomic E-state index is 12.2. The number of ether oxygens (including phenoxy) is 1. The van der Waals surface area contributed by atoms with E-state index in [1.54, 1.807) is 50.6 Å². The molecule has 0 fully saturated rings. The molecule has 1 atom stereocenters. The van der Waals surface area contributed by atoms with Crippen LogP contribution in [0.15, 0.2) is 47.1 Å². The standard InChI is InChI=1S/C17H20N2O4/c1-12(16(20)18-10-15-7-4-8-23-15)19-17(21)14-6-3-5-13(9-14)11-22-2/h3-9,12H,10-11H2,1-2H3,(H,18,20)(H,19,21)/t12-/m1/s1. The topological polar surface area (TPSA) is 80.6 Å². The highest BCUT2D eigenvalue weighted by Gasteiger charge is 2.16. The monoisotopic (exact) mass is 316 g/mol. The summed E-state index contributed by atoms with van der Waals surface area (Å²) in [7, 11) is 1.60. The molecule has 0 aliphatic carbocycles. The number of methoxy groups -OCH3 is 1. The number of rotatable bonds is 7. The predicted octanol–water partition coefficient (Wildman–Crippen LogP) is 1.86. The molecule has 2 amide bonds. The van der Waals surface area contributed by atoms with Crippen molar-refractivity contribution in [3.05, 3.63) is 59.5 Å². The zero-order valence-corrected chi connectivity index (χ0v) is 13.2. The number of nitrogens with one attached hydrogen (secondary N) is 2. The van der Waals surface area contributed by atoms with Crippen molar-refractivity contribution in [2.24, 2.45) is 0 Å². The third-order valence-electron chi connectivity index (χ3n) is 3.26. The highest BCUT2D eigenvalue weighted by molar-refractivity contribution is 5.97. The third-order valence-corrected chi connectivity index (χ3v) is 3.26. The number of hydrogen-bond donors (Lipinski definition) is 2. The summed E-state index contributed by atoms with van der Waals surface area (Å²) in [6.45, 7) is 2.35. The molecule has 6 nitrogen and oxygen atoms in total. The van der Waals surface area contributed by atoms with Gasteiger partial charge in [0.05, 0.1) is 19.4 Å². The van der Waals surface area contributed by atoms with E-state index in [1.165, 1.54) is 0 Å². The van der Waals surface area contributed by atoms with E-state index in [2.05, 4.69) is 10.6 Å². The second kappa shape index (κ2) is 8.14. The van der Waals surface area contributed by atoms with Gasteiger partial charge in [-0.2, -0.15) is 0 Å². The van der Waals surface area contributed by atoms with Crippen LogP contribution in [0.25, 0.3) is 0 Å². The van der Waals surface area contributed by atoms with Crippen LogP contribution in [-0.2, 0) is 22.7 Å². The Labute approximate surface area is 134 Å². The maximum Gasteiger partial charge on any atom is 0.251 e. The van der Waals surface area contributed by atoms with Gasteiger partial charge < -0.3 is 19.8 Å². The second-order valence-corrected chi connectivity index (χ2v) is 5.13. The Hall–Kier alpha value is -2.60. The van der Waals surface area contributed by atoms with Gasteiger partial charge in [-0.1, -0.05) is 12.1 Å². The fraction of sp³-hybridized carbons (Fsp3) is 0.294. The van der Waals surface area contributed by atoms with E-state index in [9.17, 15) is 9.59 Å². The number of carbonyl (C=O) groups is 2. The van der Waals surface area contributed by atoms with Crippen LogP contribution in [-0.4, -0.2) is 25.0 Å².